The first-order valence-electron chi connectivity index (χ1n) is 22.6. The molecule has 5 N–H and O–H groups in total. The molecule has 1 saturated heterocycles. The topological polar surface area (TPSA) is 240 Å². The quantitative estimate of drug-likeness (QED) is 0.0604. The Hall–Kier alpha value is -6.77. The summed E-state index contributed by atoms with van der Waals surface area (Å²) < 4.78 is 92.7. The van der Waals surface area contributed by atoms with Gasteiger partial charge in [-0.3, -0.25) is 9.59 Å². The third-order valence-corrected chi connectivity index (χ3v) is 14.1. The number of Topliss-reactive ketones (excluding diaryl/α,β-unsaturated/α-hetero) is 1. The van der Waals surface area contributed by atoms with Gasteiger partial charge in [-0.15, -0.1) is 0 Å². The molecular formula is C50H63ClF2N8O8S2. The van der Waals surface area contributed by atoms with Crippen LogP contribution in [0.1, 0.15) is 74.4 Å². The molecule has 0 spiro atoms. The molecule has 4 aromatic heterocycles. The first kappa shape index (κ1) is 53.6. The molecule has 1 fully saturated rings. The van der Waals surface area contributed by atoms with E-state index in [0.29, 0.717) is 78.0 Å². The summed E-state index contributed by atoms with van der Waals surface area (Å²) in [4.78, 5) is 44.4. The van der Waals surface area contributed by atoms with Crippen LogP contribution in [-0.2, 0) is 19.9 Å². The molecular weight excluding hydrogens is 978 g/mol. The number of aromatic nitrogens is 4. The lowest BCUT2D eigenvalue weighted by Gasteiger charge is -2.37. The molecule has 16 nitrogen and oxygen atoms in total. The Kier molecular flexibility index (Phi) is 17.3. The number of hydrogen-bond acceptors (Lipinski definition) is 15. The van der Waals surface area contributed by atoms with Gasteiger partial charge in [0, 0.05) is 42.1 Å². The van der Waals surface area contributed by atoms with Gasteiger partial charge in [0.15, 0.2) is 15.8 Å². The first-order chi connectivity index (χ1) is 33.5. The number of sulfonamides is 1. The van der Waals surface area contributed by atoms with E-state index in [2.05, 4.69) is 33.5 Å². The van der Waals surface area contributed by atoms with Gasteiger partial charge >= 0.3 is 0 Å². The average Bonchev–Trinajstić information content (AvgIpc) is 3.30. The zero-order chi connectivity index (χ0) is 51.8. The summed E-state index contributed by atoms with van der Waals surface area (Å²) in [6.07, 6.45) is 0.882. The van der Waals surface area contributed by atoms with E-state index in [9.17, 15) is 35.2 Å². The lowest BCUT2D eigenvalue weighted by atomic mass is 9.88. The molecule has 1 aliphatic heterocycles. The second-order valence-electron chi connectivity index (χ2n) is 18.0. The number of carbonyl (C=O) groups excluding carboxylic acids is 2. The van der Waals surface area contributed by atoms with Crippen LogP contribution < -0.4 is 30.6 Å². The van der Waals surface area contributed by atoms with Crippen molar-refractivity contribution in [3.05, 3.63) is 125 Å². The molecule has 21 heteroatoms. The van der Waals surface area contributed by atoms with Gasteiger partial charge in [-0.2, -0.15) is 8.42 Å². The number of nitrogen functional groups attached to an aromatic ring is 2. The highest BCUT2D eigenvalue weighted by Gasteiger charge is 2.30. The van der Waals surface area contributed by atoms with Crippen LogP contribution in [0.2, 0.25) is 5.15 Å². The summed E-state index contributed by atoms with van der Waals surface area (Å²) >= 11 is 6.17. The molecule has 6 aromatic rings. The Bertz CT molecular complexity index is 3170. The fourth-order valence-corrected chi connectivity index (χ4v) is 9.52. The summed E-state index contributed by atoms with van der Waals surface area (Å²) in [5.74, 6) is -1.01. The van der Waals surface area contributed by atoms with Crippen molar-refractivity contribution in [1.29, 1.82) is 0 Å². The number of halogens is 3. The Morgan fingerprint density at radius 2 is 1.25 bits per heavy atom. The molecule has 2 aromatic carbocycles. The summed E-state index contributed by atoms with van der Waals surface area (Å²) in [7, 11) is -8.31. The molecule has 0 aliphatic carbocycles. The van der Waals surface area contributed by atoms with E-state index in [-0.39, 0.29) is 55.5 Å². The summed E-state index contributed by atoms with van der Waals surface area (Å²) in [6.45, 7) is 14.4. The Balaban J connectivity index is 0.000000496. The largest absolute Gasteiger partial charge is 0.493 e. The molecule has 1 amide bonds. The van der Waals surface area contributed by atoms with E-state index >= 15 is 0 Å². The number of ether oxygens (including phenoxy) is 2. The minimum Gasteiger partial charge on any atom is -0.493 e. The smallest absolute Gasteiger partial charge is 0.281 e. The highest BCUT2D eigenvalue weighted by molar-refractivity contribution is 7.92. The third kappa shape index (κ3) is 14.4. The predicted octanol–water partition coefficient (Wildman–Crippen LogP) is 9.69. The van der Waals surface area contributed by atoms with Crippen LogP contribution in [0.15, 0.2) is 107 Å². The molecule has 71 heavy (non-hydrogen) atoms. The minimum atomic E-state index is -4.29. The van der Waals surface area contributed by atoms with E-state index in [1.807, 2.05) is 32.6 Å². The fourth-order valence-electron chi connectivity index (χ4n) is 7.14. The van der Waals surface area contributed by atoms with E-state index in [1.165, 1.54) is 78.9 Å². The number of amides is 1. The molecule has 384 valence electrons. The maximum Gasteiger partial charge on any atom is 0.281 e. The van der Waals surface area contributed by atoms with Crippen molar-refractivity contribution in [2.75, 3.05) is 48.4 Å². The number of nitrogens with zero attached hydrogens (tertiary/aromatic N) is 5. The van der Waals surface area contributed by atoms with E-state index in [1.54, 1.807) is 18.2 Å². The molecule has 7 rings (SSSR count). The number of pyridine rings is 4. The summed E-state index contributed by atoms with van der Waals surface area (Å²) in [5.41, 5.74) is 12.8. The predicted molar refractivity (Wildman–Crippen MR) is 277 cm³/mol. The van der Waals surface area contributed by atoms with Crippen LogP contribution in [0, 0.1) is 35.3 Å². The highest BCUT2D eigenvalue weighted by Crippen LogP contribution is 2.33. The van der Waals surface area contributed by atoms with E-state index in [0.717, 1.165) is 6.42 Å². The van der Waals surface area contributed by atoms with Crippen LogP contribution in [0.5, 0.6) is 11.5 Å². The van der Waals surface area contributed by atoms with E-state index < -0.39 is 48.9 Å². The summed E-state index contributed by atoms with van der Waals surface area (Å²) in [5, 5.41) is -0.867. The van der Waals surface area contributed by atoms with Crippen molar-refractivity contribution >= 4 is 60.6 Å². The van der Waals surface area contributed by atoms with E-state index in [4.69, 9.17) is 37.5 Å². The molecule has 2 unspecified atom stereocenters. The number of piperidine rings is 1. The van der Waals surface area contributed by atoms with Crippen LogP contribution in [0.25, 0.3) is 22.5 Å². The zero-order valence-corrected chi connectivity index (χ0v) is 42.3. The van der Waals surface area contributed by atoms with Gasteiger partial charge in [-0.05, 0) is 103 Å². The number of nitrogens with two attached hydrogens (primary N) is 2. The van der Waals surface area contributed by atoms with Gasteiger partial charge in [0.1, 0.15) is 51.5 Å². The monoisotopic (exact) mass is 1040 g/mol. The number of hydrogen-bond donors (Lipinski definition) is 3. The van der Waals surface area contributed by atoms with Crippen LogP contribution >= 0.6 is 11.6 Å². The zero-order valence-electron chi connectivity index (χ0n) is 39.9. The van der Waals surface area contributed by atoms with Crippen LogP contribution in [-0.4, -0.2) is 80.5 Å². The fraction of sp³-hybridized carbons (Fsp3) is 0.320. The van der Waals surface area contributed by atoms with Gasteiger partial charge in [0.2, 0.25) is 9.84 Å². The molecule has 1 aliphatic rings. The maximum absolute atomic E-state index is 14.5. The van der Waals surface area contributed by atoms with Gasteiger partial charge < -0.3 is 25.8 Å². The van der Waals surface area contributed by atoms with Crippen molar-refractivity contribution in [2.24, 2.45) is 23.7 Å². The van der Waals surface area contributed by atoms with Crippen LogP contribution in [0.4, 0.5) is 26.2 Å². The van der Waals surface area contributed by atoms with Gasteiger partial charge in [0.25, 0.3) is 15.9 Å². The van der Waals surface area contributed by atoms with Gasteiger partial charge in [0.05, 0.1) is 35.7 Å². The average molecular weight is 1040 g/mol. The lowest BCUT2D eigenvalue weighted by molar-refractivity contribution is 0.0979. The second-order valence-corrected chi connectivity index (χ2v) is 21.9. The van der Waals surface area contributed by atoms with Gasteiger partial charge in [-0.25, -0.2) is 41.9 Å². The van der Waals surface area contributed by atoms with Gasteiger partial charge in [-0.1, -0.05) is 65.3 Å². The highest BCUT2D eigenvalue weighted by atomic mass is 35.5. The standard InChI is InChI=1S/C28H34FN5O4S.C22H21ClFN3O4S.4H2/c1-17(2)16-38-22-13-20(12-21(29)14-22)24-9-8-23(27(31-24)34-11-10-18(3)19(4)15-34)28(35)33-39(36,37)26-7-5-6-25(30)32-26;1-13(2)11-31-16-9-14(8-15(24)10-16)18-7-6-17(22(23)26-18)19(28)12-32(29,30)21-5-3-4-20(25)27-21;;;;/h5-9,12-14,17-19H,10-11,15-16H2,1-4H3,(H2,30,32)(H,33,35);3-10,13H,11-12H2,1-2H3,(H2,25,27);4*1H. The number of ketones is 1. The Labute approximate surface area is 423 Å². The molecule has 0 bridgehead atoms. The third-order valence-electron chi connectivity index (χ3n) is 11.0. The second kappa shape index (κ2) is 23.0. The normalized spacial score (nSPS) is 14.9. The minimum absolute atomic E-state index is 0. The molecule has 5 heterocycles. The van der Waals surface area contributed by atoms with Crippen molar-refractivity contribution in [2.45, 2.75) is 58.0 Å². The Morgan fingerprint density at radius 1 is 0.732 bits per heavy atom. The lowest BCUT2D eigenvalue weighted by Crippen LogP contribution is -2.40. The Morgan fingerprint density at radius 3 is 1.77 bits per heavy atom. The number of rotatable bonds is 16. The van der Waals surface area contributed by atoms with Crippen molar-refractivity contribution in [1.82, 2.24) is 24.7 Å². The molecule has 0 radical (unpaired) electrons. The summed E-state index contributed by atoms with van der Waals surface area (Å²) in [6, 6.07) is 22.7. The number of carbonyl (C=O) groups is 2. The number of benzene rings is 2. The first-order valence-corrected chi connectivity index (χ1v) is 26.1. The SMILES string of the molecule is CC(C)COc1cc(F)cc(-c2ccc(C(=O)CS(=O)(=O)c3cccc(N)n3)c(Cl)n2)c1.CC(C)COc1cc(F)cc(-c2ccc(C(=O)NS(=O)(=O)c3cccc(N)n3)c(N3CCC(C)C(C)C3)n2)c1.[HH].[HH].[HH].[HH]. The molecule has 0 saturated carbocycles. The number of sulfone groups is 1. The number of anilines is 3. The van der Waals surface area contributed by atoms with Crippen molar-refractivity contribution < 1.29 is 50.4 Å². The van der Waals surface area contributed by atoms with Crippen molar-refractivity contribution in [3.8, 4) is 34.0 Å². The number of nitrogens with one attached hydrogen (secondary N) is 1. The van der Waals surface area contributed by atoms with Crippen LogP contribution in [0.3, 0.4) is 0 Å². The maximum atomic E-state index is 14.5. The molecule has 2 atom stereocenters. The van der Waals surface area contributed by atoms with Crippen molar-refractivity contribution in [3.63, 3.8) is 0 Å².